The van der Waals surface area contributed by atoms with Crippen molar-refractivity contribution < 1.29 is 9.59 Å². The Morgan fingerprint density at radius 1 is 1.09 bits per heavy atom. The average molecular weight is 431 g/mol. The molecular formula is C26H30N4O2. The van der Waals surface area contributed by atoms with Crippen LogP contribution in [0.1, 0.15) is 60.8 Å². The fraction of sp³-hybridized carbons (Fsp3) is 0.423. The number of amides is 2. The van der Waals surface area contributed by atoms with Crippen LogP contribution >= 0.6 is 0 Å². The topological polar surface area (TPSA) is 67.2 Å². The Bertz CT molecular complexity index is 1160. The van der Waals surface area contributed by atoms with Crippen LogP contribution < -0.4 is 5.32 Å². The quantitative estimate of drug-likeness (QED) is 0.674. The summed E-state index contributed by atoms with van der Waals surface area (Å²) in [5.74, 6) is 0.129. The van der Waals surface area contributed by atoms with Crippen LogP contribution in [0.2, 0.25) is 0 Å². The van der Waals surface area contributed by atoms with Gasteiger partial charge >= 0.3 is 0 Å². The number of carbonyl (C=O) groups is 2. The van der Waals surface area contributed by atoms with Gasteiger partial charge in [-0.25, -0.2) is 4.98 Å². The average Bonchev–Trinajstić information content (AvgIpc) is 3.17. The molecule has 2 aromatic carbocycles. The van der Waals surface area contributed by atoms with Gasteiger partial charge in [-0.2, -0.15) is 0 Å². The smallest absolute Gasteiger partial charge is 0.291 e. The van der Waals surface area contributed by atoms with E-state index in [4.69, 9.17) is 0 Å². The Morgan fingerprint density at radius 3 is 2.56 bits per heavy atom. The summed E-state index contributed by atoms with van der Waals surface area (Å²) < 4.78 is 1.92. The zero-order valence-corrected chi connectivity index (χ0v) is 18.8. The highest BCUT2D eigenvalue weighted by Gasteiger charge is 2.48. The molecule has 3 aromatic rings. The van der Waals surface area contributed by atoms with Crippen LogP contribution in [0.15, 0.2) is 48.5 Å². The molecule has 1 saturated carbocycles. The molecule has 0 bridgehead atoms. The highest BCUT2D eigenvalue weighted by atomic mass is 16.2. The van der Waals surface area contributed by atoms with Crippen molar-refractivity contribution in [1.29, 1.82) is 0 Å². The first kappa shape index (κ1) is 20.7. The predicted octanol–water partition coefficient (Wildman–Crippen LogP) is 4.21. The van der Waals surface area contributed by atoms with E-state index in [9.17, 15) is 9.59 Å². The van der Waals surface area contributed by atoms with Crippen molar-refractivity contribution in [3.8, 4) is 0 Å². The van der Waals surface area contributed by atoms with Crippen molar-refractivity contribution in [2.45, 2.75) is 70.6 Å². The summed E-state index contributed by atoms with van der Waals surface area (Å²) >= 11 is 0. The molecule has 0 unspecified atom stereocenters. The van der Waals surface area contributed by atoms with Crippen molar-refractivity contribution in [3.63, 3.8) is 0 Å². The number of para-hydroxylation sites is 2. The maximum Gasteiger partial charge on any atom is 0.291 e. The van der Waals surface area contributed by atoms with Crippen molar-refractivity contribution in [2.24, 2.45) is 0 Å². The van der Waals surface area contributed by atoms with Crippen LogP contribution in [0.3, 0.4) is 0 Å². The van der Waals surface area contributed by atoms with E-state index in [1.807, 2.05) is 66.9 Å². The maximum absolute atomic E-state index is 13.7. The third-order valence-electron chi connectivity index (χ3n) is 7.04. The molecule has 1 atom stereocenters. The van der Waals surface area contributed by atoms with E-state index >= 15 is 0 Å². The number of nitrogens with one attached hydrogen (secondary N) is 1. The van der Waals surface area contributed by atoms with Crippen LogP contribution in [0.4, 0.5) is 0 Å². The van der Waals surface area contributed by atoms with E-state index in [1.54, 1.807) is 4.90 Å². The highest BCUT2D eigenvalue weighted by Crippen LogP contribution is 2.32. The molecule has 0 spiro atoms. The molecule has 6 heteroatoms. The Hall–Kier alpha value is -3.15. The zero-order chi connectivity index (χ0) is 22.3. The second-order valence-electron chi connectivity index (χ2n) is 9.47. The number of hydrogen-bond donors (Lipinski definition) is 1. The summed E-state index contributed by atoms with van der Waals surface area (Å²) in [7, 11) is 0. The number of nitrogens with zero attached hydrogens (tertiary/aromatic N) is 3. The number of hydrogen-bond acceptors (Lipinski definition) is 3. The minimum atomic E-state index is -1.00. The van der Waals surface area contributed by atoms with Crippen LogP contribution in [-0.2, 0) is 17.9 Å². The van der Waals surface area contributed by atoms with Gasteiger partial charge < -0.3 is 14.8 Å². The Morgan fingerprint density at radius 2 is 1.81 bits per heavy atom. The first-order valence-corrected chi connectivity index (χ1v) is 11.6. The summed E-state index contributed by atoms with van der Waals surface area (Å²) in [5.41, 5.74) is 2.84. The third kappa shape index (κ3) is 3.57. The molecule has 1 fully saturated rings. The summed E-state index contributed by atoms with van der Waals surface area (Å²) in [5, 5.41) is 3.28. The standard InChI is InChI=1S/C26H30N4O2/c1-18-12-14-19(15-13-18)16-30-24(31)23-28-21-10-6-7-11-22(21)29(23)17-26(30,2)25(32)27-20-8-4-3-5-9-20/h6-7,10-15,20H,3-5,8-9,16-17H2,1-2H3,(H,27,32)/t26-/m1/s1. The summed E-state index contributed by atoms with van der Waals surface area (Å²) in [6, 6.07) is 16.1. The van der Waals surface area contributed by atoms with E-state index in [2.05, 4.69) is 10.3 Å². The van der Waals surface area contributed by atoms with Gasteiger partial charge in [0, 0.05) is 12.6 Å². The molecule has 2 heterocycles. The number of aromatic nitrogens is 2. The monoisotopic (exact) mass is 430 g/mol. The fourth-order valence-corrected chi connectivity index (χ4v) is 5.04. The molecule has 1 N–H and O–H groups in total. The normalized spacial score (nSPS) is 21.6. The Kier molecular flexibility index (Phi) is 5.24. The highest BCUT2D eigenvalue weighted by molar-refractivity contribution is 6.01. The van der Waals surface area contributed by atoms with E-state index in [1.165, 1.54) is 12.0 Å². The number of fused-ring (bicyclic) bond motifs is 3. The molecule has 32 heavy (non-hydrogen) atoms. The molecule has 5 rings (SSSR count). The van der Waals surface area contributed by atoms with Gasteiger partial charge in [0.1, 0.15) is 5.54 Å². The van der Waals surface area contributed by atoms with Crippen molar-refractivity contribution in [1.82, 2.24) is 19.8 Å². The van der Waals surface area contributed by atoms with Gasteiger partial charge in [0.25, 0.3) is 5.91 Å². The lowest BCUT2D eigenvalue weighted by atomic mass is 9.91. The molecule has 1 aliphatic carbocycles. The lowest BCUT2D eigenvalue weighted by Gasteiger charge is -2.44. The first-order chi connectivity index (χ1) is 15.5. The Labute approximate surface area is 188 Å². The van der Waals surface area contributed by atoms with Crippen LogP contribution in [0, 0.1) is 6.92 Å². The maximum atomic E-state index is 13.7. The molecule has 2 aliphatic rings. The molecule has 0 saturated heterocycles. The van der Waals surface area contributed by atoms with Gasteiger partial charge in [-0.05, 0) is 44.4 Å². The van der Waals surface area contributed by atoms with Gasteiger partial charge in [0.15, 0.2) is 5.82 Å². The SMILES string of the molecule is Cc1ccc(CN2C(=O)c3nc4ccccc4n3C[C@]2(C)C(=O)NC2CCCCC2)cc1. The lowest BCUT2D eigenvalue weighted by molar-refractivity contribution is -0.134. The minimum absolute atomic E-state index is 0.0757. The van der Waals surface area contributed by atoms with Gasteiger partial charge in [-0.1, -0.05) is 61.2 Å². The van der Waals surface area contributed by atoms with E-state index in [-0.39, 0.29) is 17.9 Å². The molecule has 1 aromatic heterocycles. The molecule has 166 valence electrons. The Balaban J connectivity index is 1.54. The zero-order valence-electron chi connectivity index (χ0n) is 18.8. The number of benzene rings is 2. The first-order valence-electron chi connectivity index (χ1n) is 11.6. The number of carbonyl (C=O) groups excluding carboxylic acids is 2. The lowest BCUT2D eigenvalue weighted by Crippen LogP contribution is -2.64. The van der Waals surface area contributed by atoms with Crippen LogP contribution in [-0.4, -0.2) is 37.8 Å². The van der Waals surface area contributed by atoms with Crippen molar-refractivity contribution >= 4 is 22.8 Å². The van der Waals surface area contributed by atoms with Gasteiger partial charge in [-0.15, -0.1) is 0 Å². The number of aryl methyl sites for hydroxylation is 1. The predicted molar refractivity (Wildman–Crippen MR) is 124 cm³/mol. The van der Waals surface area contributed by atoms with E-state index < -0.39 is 5.54 Å². The molecular weight excluding hydrogens is 400 g/mol. The third-order valence-corrected chi connectivity index (χ3v) is 7.04. The van der Waals surface area contributed by atoms with Gasteiger partial charge in [0.05, 0.1) is 17.6 Å². The van der Waals surface area contributed by atoms with E-state index in [0.29, 0.717) is 18.9 Å². The minimum Gasteiger partial charge on any atom is -0.351 e. The van der Waals surface area contributed by atoms with Crippen molar-refractivity contribution in [3.05, 3.63) is 65.5 Å². The second-order valence-corrected chi connectivity index (χ2v) is 9.47. The van der Waals surface area contributed by atoms with Crippen LogP contribution in [0.5, 0.6) is 0 Å². The molecule has 0 radical (unpaired) electrons. The molecule has 2 amide bonds. The largest absolute Gasteiger partial charge is 0.351 e. The molecule has 1 aliphatic heterocycles. The molecule has 6 nitrogen and oxygen atoms in total. The van der Waals surface area contributed by atoms with Crippen molar-refractivity contribution in [2.75, 3.05) is 0 Å². The van der Waals surface area contributed by atoms with Gasteiger partial charge in [0.2, 0.25) is 5.91 Å². The fourth-order valence-electron chi connectivity index (χ4n) is 5.04. The van der Waals surface area contributed by atoms with Crippen LogP contribution in [0.25, 0.3) is 11.0 Å². The number of imidazole rings is 1. The summed E-state index contributed by atoms with van der Waals surface area (Å²) in [6.07, 6.45) is 5.53. The van der Waals surface area contributed by atoms with E-state index in [0.717, 1.165) is 42.3 Å². The summed E-state index contributed by atoms with van der Waals surface area (Å²) in [6.45, 7) is 4.70. The second kappa shape index (κ2) is 8.08. The summed E-state index contributed by atoms with van der Waals surface area (Å²) in [4.78, 5) is 33.8. The number of rotatable bonds is 4. The van der Waals surface area contributed by atoms with Gasteiger partial charge in [-0.3, -0.25) is 9.59 Å².